The molecule has 0 amide bonds. The molecule has 2 rings (SSSR count). The molecule has 0 spiro atoms. The molecule has 0 aliphatic heterocycles. The van der Waals surface area contributed by atoms with E-state index in [9.17, 15) is 4.39 Å². The second-order valence-electron chi connectivity index (χ2n) is 3.15. The van der Waals surface area contributed by atoms with Crippen molar-refractivity contribution >= 4 is 10.8 Å². The quantitative estimate of drug-likeness (QED) is 0.788. The molecule has 0 aliphatic rings. The fourth-order valence-electron chi connectivity index (χ4n) is 1.52. The van der Waals surface area contributed by atoms with Gasteiger partial charge in [0.05, 0.1) is 0 Å². The zero-order valence-electron chi connectivity index (χ0n) is 7.65. The van der Waals surface area contributed by atoms with Crippen LogP contribution in [-0.4, -0.2) is 11.5 Å². The Balaban J connectivity index is 2.65. The molecule has 0 fully saturated rings. The van der Waals surface area contributed by atoms with E-state index in [0.29, 0.717) is 5.56 Å². The Hall–Kier alpha value is -1.48. The van der Waals surface area contributed by atoms with Gasteiger partial charge < -0.3 is 5.73 Å². The molecule has 2 aromatic rings. The highest BCUT2D eigenvalue weighted by molar-refractivity contribution is 5.84. The molecule has 1 heterocycles. The van der Waals surface area contributed by atoms with Crippen molar-refractivity contribution in [3.05, 3.63) is 42.2 Å². The lowest BCUT2D eigenvalue weighted by Gasteiger charge is -2.08. The average molecular weight is 190 g/mol. The van der Waals surface area contributed by atoms with Crippen LogP contribution >= 0.6 is 0 Å². The smallest absolute Gasteiger partial charge is 0.139 e. The number of hydrogen-bond acceptors (Lipinski definition) is 2. The maximum Gasteiger partial charge on any atom is 0.139 e. The Kier molecular flexibility index (Phi) is 2.41. The molecule has 1 atom stereocenters. The lowest BCUT2D eigenvalue weighted by atomic mass is 10.0. The van der Waals surface area contributed by atoms with Gasteiger partial charge in [-0.25, -0.2) is 4.39 Å². The van der Waals surface area contributed by atoms with Gasteiger partial charge in [0, 0.05) is 29.9 Å². The Morgan fingerprint density at radius 2 is 2.07 bits per heavy atom. The second kappa shape index (κ2) is 3.72. The van der Waals surface area contributed by atoms with Crippen LogP contribution in [0.1, 0.15) is 11.7 Å². The average Bonchev–Trinajstić information content (AvgIpc) is 2.27. The van der Waals surface area contributed by atoms with Crippen LogP contribution in [0.2, 0.25) is 0 Å². The van der Waals surface area contributed by atoms with Gasteiger partial charge in [0.1, 0.15) is 6.17 Å². The predicted molar refractivity (Wildman–Crippen MR) is 54.6 cm³/mol. The molecule has 0 radical (unpaired) electrons. The molecule has 1 aromatic carbocycles. The van der Waals surface area contributed by atoms with Crippen molar-refractivity contribution in [2.45, 2.75) is 6.17 Å². The Morgan fingerprint density at radius 1 is 1.29 bits per heavy atom. The minimum atomic E-state index is -1.13. The van der Waals surface area contributed by atoms with Crippen molar-refractivity contribution in [2.75, 3.05) is 6.54 Å². The summed E-state index contributed by atoms with van der Waals surface area (Å²) in [5, 5.41) is 1.83. The predicted octanol–water partition coefficient (Wildman–Crippen LogP) is 2.20. The summed E-state index contributed by atoms with van der Waals surface area (Å²) in [6.07, 6.45) is 2.13. The highest BCUT2D eigenvalue weighted by atomic mass is 19.1. The first-order chi connectivity index (χ1) is 6.83. The van der Waals surface area contributed by atoms with Crippen molar-refractivity contribution in [2.24, 2.45) is 5.73 Å². The van der Waals surface area contributed by atoms with Crippen LogP contribution in [0.25, 0.3) is 10.8 Å². The maximum atomic E-state index is 13.4. The zero-order valence-corrected chi connectivity index (χ0v) is 7.65. The SMILES string of the molecule is NCC(F)c1cncc2ccccc12. The van der Waals surface area contributed by atoms with E-state index in [1.807, 2.05) is 24.3 Å². The number of aromatic nitrogens is 1. The van der Waals surface area contributed by atoms with E-state index >= 15 is 0 Å². The largest absolute Gasteiger partial charge is 0.327 e. The molecule has 0 aliphatic carbocycles. The molecule has 0 saturated carbocycles. The van der Waals surface area contributed by atoms with Gasteiger partial charge in [-0.1, -0.05) is 24.3 Å². The van der Waals surface area contributed by atoms with Crippen LogP contribution in [0.3, 0.4) is 0 Å². The number of hydrogen-bond donors (Lipinski definition) is 1. The fraction of sp³-hybridized carbons (Fsp3) is 0.182. The van der Waals surface area contributed by atoms with E-state index in [4.69, 9.17) is 5.73 Å². The van der Waals surface area contributed by atoms with Crippen LogP contribution in [-0.2, 0) is 0 Å². The van der Waals surface area contributed by atoms with Crippen molar-refractivity contribution < 1.29 is 4.39 Å². The molecule has 3 heteroatoms. The fourth-order valence-corrected chi connectivity index (χ4v) is 1.52. The third kappa shape index (κ3) is 1.46. The highest BCUT2D eigenvalue weighted by Crippen LogP contribution is 2.24. The van der Waals surface area contributed by atoms with Crippen molar-refractivity contribution in [1.29, 1.82) is 0 Å². The summed E-state index contributed by atoms with van der Waals surface area (Å²) in [7, 11) is 0. The van der Waals surface area contributed by atoms with Gasteiger partial charge >= 0.3 is 0 Å². The number of halogens is 1. The first-order valence-electron chi connectivity index (χ1n) is 4.49. The Labute approximate surface area is 81.6 Å². The van der Waals surface area contributed by atoms with E-state index in [1.54, 1.807) is 12.4 Å². The molecule has 2 nitrogen and oxygen atoms in total. The molecule has 0 bridgehead atoms. The van der Waals surface area contributed by atoms with Gasteiger partial charge in [-0.05, 0) is 5.39 Å². The molecule has 72 valence electrons. The van der Waals surface area contributed by atoms with Gasteiger partial charge in [-0.3, -0.25) is 4.98 Å². The number of rotatable bonds is 2. The third-order valence-electron chi connectivity index (χ3n) is 2.24. The Morgan fingerprint density at radius 3 is 2.86 bits per heavy atom. The molecule has 2 N–H and O–H groups in total. The van der Waals surface area contributed by atoms with Crippen LogP contribution < -0.4 is 5.73 Å². The summed E-state index contributed by atoms with van der Waals surface area (Å²) in [6.45, 7) is -0.00428. The molecule has 0 saturated heterocycles. The lowest BCUT2D eigenvalue weighted by Crippen LogP contribution is -2.08. The van der Waals surface area contributed by atoms with Gasteiger partial charge in [-0.2, -0.15) is 0 Å². The summed E-state index contributed by atoms with van der Waals surface area (Å²) in [4.78, 5) is 3.99. The standard InChI is InChI=1S/C11H11FN2/c12-11(5-13)10-7-14-6-8-3-1-2-4-9(8)10/h1-4,6-7,11H,5,13H2. The summed E-state index contributed by atoms with van der Waals surface area (Å²) < 4.78 is 13.4. The minimum absolute atomic E-state index is 0.00428. The van der Waals surface area contributed by atoms with E-state index in [-0.39, 0.29) is 6.54 Å². The second-order valence-corrected chi connectivity index (χ2v) is 3.15. The number of nitrogens with zero attached hydrogens (tertiary/aromatic N) is 1. The summed E-state index contributed by atoms with van der Waals surface area (Å²) >= 11 is 0. The maximum absolute atomic E-state index is 13.4. The molecular formula is C11H11FN2. The first kappa shape index (κ1) is 9.09. The normalized spacial score (nSPS) is 13.0. The number of pyridine rings is 1. The van der Waals surface area contributed by atoms with Crippen molar-refractivity contribution in [3.8, 4) is 0 Å². The van der Waals surface area contributed by atoms with E-state index < -0.39 is 6.17 Å². The number of benzene rings is 1. The van der Waals surface area contributed by atoms with Crippen LogP contribution in [0.5, 0.6) is 0 Å². The lowest BCUT2D eigenvalue weighted by molar-refractivity contribution is 0.354. The summed E-state index contributed by atoms with van der Waals surface area (Å²) in [5.41, 5.74) is 5.87. The van der Waals surface area contributed by atoms with Crippen LogP contribution in [0.15, 0.2) is 36.7 Å². The first-order valence-corrected chi connectivity index (χ1v) is 4.49. The van der Waals surface area contributed by atoms with Crippen molar-refractivity contribution in [3.63, 3.8) is 0 Å². The van der Waals surface area contributed by atoms with E-state index in [2.05, 4.69) is 4.98 Å². The van der Waals surface area contributed by atoms with Crippen molar-refractivity contribution in [1.82, 2.24) is 4.98 Å². The topological polar surface area (TPSA) is 38.9 Å². The van der Waals surface area contributed by atoms with E-state index in [1.165, 1.54) is 0 Å². The number of fused-ring (bicyclic) bond motifs is 1. The summed E-state index contributed by atoms with van der Waals surface area (Å²) in [6, 6.07) is 7.59. The molecular weight excluding hydrogens is 179 g/mol. The monoisotopic (exact) mass is 190 g/mol. The van der Waals surface area contributed by atoms with Gasteiger partial charge in [0.25, 0.3) is 0 Å². The van der Waals surface area contributed by atoms with Gasteiger partial charge in [0.15, 0.2) is 0 Å². The molecule has 1 aromatic heterocycles. The van der Waals surface area contributed by atoms with Gasteiger partial charge in [0.2, 0.25) is 0 Å². The Bertz CT molecular complexity index is 437. The summed E-state index contributed by atoms with van der Waals surface area (Å²) in [5.74, 6) is 0. The number of nitrogens with two attached hydrogens (primary N) is 1. The van der Waals surface area contributed by atoms with Crippen LogP contribution in [0, 0.1) is 0 Å². The molecule has 1 unspecified atom stereocenters. The van der Waals surface area contributed by atoms with Gasteiger partial charge in [-0.15, -0.1) is 0 Å². The van der Waals surface area contributed by atoms with E-state index in [0.717, 1.165) is 10.8 Å². The highest BCUT2D eigenvalue weighted by Gasteiger charge is 2.10. The zero-order chi connectivity index (χ0) is 9.97. The molecule has 14 heavy (non-hydrogen) atoms. The third-order valence-corrected chi connectivity index (χ3v) is 2.24. The van der Waals surface area contributed by atoms with Crippen LogP contribution in [0.4, 0.5) is 4.39 Å². The minimum Gasteiger partial charge on any atom is -0.327 e. The number of alkyl halides is 1.